The minimum Gasteiger partial charge on any atom is -0.103 e. The molecule has 48 heavy (non-hydrogen) atoms. The maximum Gasteiger partial charge on any atom is -0.0320 e. The molecule has 0 nitrogen and oxygen atoms in total. The molecule has 0 fully saturated rings. The van der Waals surface area contributed by atoms with Crippen LogP contribution in [0.1, 0.15) is 270 Å². The molecule has 0 saturated carbocycles. The van der Waals surface area contributed by atoms with Crippen molar-refractivity contribution in [2.45, 2.75) is 270 Å². The molecule has 0 rings (SSSR count). The molecule has 0 N–H and O–H groups in total. The zero-order valence-corrected chi connectivity index (χ0v) is 33.6. The first-order valence-electron chi connectivity index (χ1n) is 22.7. The zero-order chi connectivity index (χ0) is 34.7. The van der Waals surface area contributed by atoms with Gasteiger partial charge in [0.15, 0.2) is 0 Å². The van der Waals surface area contributed by atoms with Gasteiger partial charge in [-0.25, -0.2) is 0 Å². The quantitative estimate of drug-likeness (QED) is 0.0448. The molecule has 284 valence electrons. The van der Waals surface area contributed by atoms with E-state index < -0.39 is 0 Å². The highest BCUT2D eigenvalue weighted by atomic mass is 14.1. The second kappa shape index (κ2) is 44.2. The molecule has 0 spiro atoms. The van der Waals surface area contributed by atoms with Crippen molar-refractivity contribution >= 4 is 0 Å². The van der Waals surface area contributed by atoms with E-state index in [1.165, 1.54) is 263 Å². The fourth-order valence-electron chi connectivity index (χ4n) is 7.44. The topological polar surface area (TPSA) is 0 Å². The van der Waals surface area contributed by atoms with Crippen molar-refractivity contribution in [1.29, 1.82) is 0 Å². The first-order chi connectivity index (χ1) is 23.8. The Morgan fingerprint density at radius 3 is 0.792 bits per heavy atom. The SMILES string of the molecule is C=CCCCCCCCCCCCCCCCCC(=CCCCCCCCCCCCC)CCCCCCCCCCCCCCC=C. The lowest BCUT2D eigenvalue weighted by Crippen LogP contribution is -1.89. The summed E-state index contributed by atoms with van der Waals surface area (Å²) in [7, 11) is 0. The fraction of sp³-hybridized carbons (Fsp3) is 0.875. The molecule has 0 radical (unpaired) electrons. The number of rotatable bonds is 43. The molecule has 0 heterocycles. The van der Waals surface area contributed by atoms with Crippen molar-refractivity contribution in [2.75, 3.05) is 0 Å². The van der Waals surface area contributed by atoms with Crippen LogP contribution in [0.25, 0.3) is 0 Å². The van der Waals surface area contributed by atoms with Gasteiger partial charge in [0, 0.05) is 0 Å². The highest BCUT2D eigenvalue weighted by molar-refractivity contribution is 5.02. The van der Waals surface area contributed by atoms with Crippen LogP contribution in [-0.4, -0.2) is 0 Å². The lowest BCUT2D eigenvalue weighted by atomic mass is 9.97. The Kier molecular flexibility index (Phi) is 43.5. The molecule has 0 atom stereocenters. The Bertz CT molecular complexity index is 626. The lowest BCUT2D eigenvalue weighted by Gasteiger charge is -2.09. The van der Waals surface area contributed by atoms with Gasteiger partial charge in [-0.15, -0.1) is 13.2 Å². The predicted molar refractivity (Wildman–Crippen MR) is 223 cm³/mol. The van der Waals surface area contributed by atoms with Crippen molar-refractivity contribution in [2.24, 2.45) is 0 Å². The van der Waals surface area contributed by atoms with Gasteiger partial charge in [0.1, 0.15) is 0 Å². The summed E-state index contributed by atoms with van der Waals surface area (Å²) >= 11 is 0. The maximum absolute atomic E-state index is 3.83. The Labute approximate surface area is 306 Å². The number of hydrogen-bond donors (Lipinski definition) is 0. The minimum absolute atomic E-state index is 1.20. The van der Waals surface area contributed by atoms with Crippen LogP contribution in [0.4, 0.5) is 0 Å². The van der Waals surface area contributed by atoms with Crippen molar-refractivity contribution in [3.63, 3.8) is 0 Å². The second-order valence-corrected chi connectivity index (χ2v) is 15.7. The smallest absolute Gasteiger partial charge is 0.0320 e. The summed E-state index contributed by atoms with van der Waals surface area (Å²) in [5.41, 5.74) is 1.82. The molecular formula is C48H92. The Hall–Kier alpha value is -0.780. The van der Waals surface area contributed by atoms with Gasteiger partial charge >= 0.3 is 0 Å². The van der Waals surface area contributed by atoms with Crippen LogP contribution in [0, 0.1) is 0 Å². The Balaban J connectivity index is 3.97. The summed E-state index contributed by atoms with van der Waals surface area (Å²) in [6, 6.07) is 0. The number of allylic oxidation sites excluding steroid dienone is 4. The molecule has 0 bridgehead atoms. The highest BCUT2D eigenvalue weighted by Gasteiger charge is 2.01. The molecule has 0 unspecified atom stereocenters. The van der Waals surface area contributed by atoms with Gasteiger partial charge in [-0.3, -0.25) is 0 Å². The fourth-order valence-corrected chi connectivity index (χ4v) is 7.44. The van der Waals surface area contributed by atoms with Crippen LogP contribution >= 0.6 is 0 Å². The molecule has 0 aliphatic carbocycles. The molecule has 0 aliphatic rings. The molecular weight excluding hydrogens is 577 g/mol. The van der Waals surface area contributed by atoms with Crippen LogP contribution in [0.3, 0.4) is 0 Å². The third-order valence-corrected chi connectivity index (χ3v) is 10.8. The van der Waals surface area contributed by atoms with Crippen LogP contribution in [0.15, 0.2) is 37.0 Å². The maximum atomic E-state index is 3.83. The van der Waals surface area contributed by atoms with E-state index in [0.717, 1.165) is 0 Å². The third kappa shape index (κ3) is 41.4. The van der Waals surface area contributed by atoms with Crippen molar-refractivity contribution in [3.8, 4) is 0 Å². The molecule has 0 aromatic heterocycles. The van der Waals surface area contributed by atoms with Crippen LogP contribution in [0.5, 0.6) is 0 Å². The third-order valence-electron chi connectivity index (χ3n) is 10.8. The second-order valence-electron chi connectivity index (χ2n) is 15.7. The zero-order valence-electron chi connectivity index (χ0n) is 33.6. The number of unbranched alkanes of at least 4 members (excludes halogenated alkanes) is 36. The lowest BCUT2D eigenvalue weighted by molar-refractivity contribution is 0.530. The van der Waals surface area contributed by atoms with Crippen LogP contribution < -0.4 is 0 Å². The van der Waals surface area contributed by atoms with E-state index in [1.807, 2.05) is 5.57 Å². The molecule has 0 aromatic rings. The van der Waals surface area contributed by atoms with Gasteiger partial charge < -0.3 is 0 Å². The van der Waals surface area contributed by atoms with Gasteiger partial charge in [0.25, 0.3) is 0 Å². The van der Waals surface area contributed by atoms with Gasteiger partial charge in [-0.05, 0) is 64.2 Å². The summed E-state index contributed by atoms with van der Waals surface area (Å²) in [6.45, 7) is 9.98. The van der Waals surface area contributed by atoms with Crippen molar-refractivity contribution < 1.29 is 0 Å². The van der Waals surface area contributed by atoms with Crippen molar-refractivity contribution in [1.82, 2.24) is 0 Å². The first kappa shape index (κ1) is 47.2. The molecule has 0 saturated heterocycles. The summed E-state index contributed by atoms with van der Waals surface area (Å²) in [5, 5.41) is 0. The highest BCUT2D eigenvalue weighted by Crippen LogP contribution is 2.21. The summed E-state index contributed by atoms with van der Waals surface area (Å²) in [4.78, 5) is 0. The van der Waals surface area contributed by atoms with Gasteiger partial charge in [0.05, 0.1) is 0 Å². The largest absolute Gasteiger partial charge is 0.103 e. The molecule has 0 heteroatoms. The molecule has 0 aliphatic heterocycles. The summed E-state index contributed by atoms with van der Waals surface area (Å²) in [5.74, 6) is 0. The Morgan fingerprint density at radius 1 is 0.292 bits per heavy atom. The van der Waals surface area contributed by atoms with E-state index >= 15 is 0 Å². The normalized spacial score (nSPS) is 11.8. The minimum atomic E-state index is 1.20. The standard InChI is InChI=1S/C48H92/c1-4-7-10-13-16-19-22-24-26-27-29-32-35-38-41-44-47-48(45-42-39-36-33-30-21-18-15-12-9-6-3)46-43-40-37-34-31-28-25-23-20-17-14-11-8-5-2/h4-5,45H,1-2,6-44,46-47H2,3H3. The van der Waals surface area contributed by atoms with Gasteiger partial charge in [-0.2, -0.15) is 0 Å². The average Bonchev–Trinajstić information content (AvgIpc) is 3.10. The predicted octanol–water partition coefficient (Wildman–Crippen LogP) is 18.3. The van der Waals surface area contributed by atoms with E-state index in [-0.39, 0.29) is 0 Å². The summed E-state index contributed by atoms with van der Waals surface area (Å²) in [6.07, 6.45) is 65.4. The van der Waals surface area contributed by atoms with E-state index in [1.54, 1.807) is 0 Å². The first-order valence-corrected chi connectivity index (χ1v) is 22.7. The van der Waals surface area contributed by atoms with Crippen LogP contribution in [-0.2, 0) is 0 Å². The average molecular weight is 669 g/mol. The Morgan fingerprint density at radius 2 is 0.521 bits per heavy atom. The summed E-state index contributed by atoms with van der Waals surface area (Å²) < 4.78 is 0. The van der Waals surface area contributed by atoms with Gasteiger partial charge in [-0.1, -0.05) is 230 Å². The van der Waals surface area contributed by atoms with E-state index in [4.69, 9.17) is 0 Å². The number of hydrogen-bond acceptors (Lipinski definition) is 0. The monoisotopic (exact) mass is 669 g/mol. The molecule has 0 aromatic carbocycles. The molecule has 0 amide bonds. The van der Waals surface area contributed by atoms with Gasteiger partial charge in [0.2, 0.25) is 0 Å². The van der Waals surface area contributed by atoms with Crippen LogP contribution in [0.2, 0.25) is 0 Å². The van der Waals surface area contributed by atoms with E-state index in [9.17, 15) is 0 Å². The van der Waals surface area contributed by atoms with E-state index in [0.29, 0.717) is 0 Å². The van der Waals surface area contributed by atoms with Crippen molar-refractivity contribution in [3.05, 3.63) is 37.0 Å². The van der Waals surface area contributed by atoms with E-state index in [2.05, 4.69) is 38.3 Å².